The van der Waals surface area contributed by atoms with Gasteiger partial charge in [0.05, 0.1) is 12.5 Å². The number of carbonyl (C=O) groups is 2. The van der Waals surface area contributed by atoms with Crippen LogP contribution in [-0.4, -0.2) is 42.5 Å². The van der Waals surface area contributed by atoms with Gasteiger partial charge in [-0.2, -0.15) is 4.31 Å². The van der Waals surface area contributed by atoms with Crippen LogP contribution in [0.25, 0.3) is 0 Å². The number of ketones is 1. The van der Waals surface area contributed by atoms with Crippen molar-refractivity contribution < 1.29 is 18.0 Å². The molecule has 0 spiro atoms. The molecule has 2 rings (SSSR count). The number of hydrogen-bond acceptors (Lipinski definition) is 5. The number of amides is 1. The average molecular weight is 297 g/mol. The molecule has 8 heteroatoms. The van der Waals surface area contributed by atoms with E-state index in [1.165, 1.54) is 12.3 Å². The number of carbonyl (C=O) groups excluding carboxylic acids is 2. The molecular formula is C12H15N3O4S. The second-order valence-electron chi connectivity index (χ2n) is 4.57. The Kier molecular flexibility index (Phi) is 4.15. The van der Waals surface area contributed by atoms with E-state index in [0.717, 1.165) is 4.31 Å². The Labute approximate surface area is 116 Å². The van der Waals surface area contributed by atoms with Gasteiger partial charge in [-0.1, -0.05) is 6.07 Å². The molecule has 0 radical (unpaired) electrons. The van der Waals surface area contributed by atoms with Crippen molar-refractivity contribution in [3.05, 3.63) is 24.4 Å². The van der Waals surface area contributed by atoms with Crippen LogP contribution >= 0.6 is 0 Å². The van der Waals surface area contributed by atoms with Gasteiger partial charge < -0.3 is 5.73 Å². The van der Waals surface area contributed by atoms with Gasteiger partial charge >= 0.3 is 0 Å². The number of nitrogens with zero attached hydrogens (tertiary/aromatic N) is 2. The van der Waals surface area contributed by atoms with Crippen molar-refractivity contribution in [2.45, 2.75) is 17.9 Å². The van der Waals surface area contributed by atoms with Gasteiger partial charge in [0, 0.05) is 12.7 Å². The van der Waals surface area contributed by atoms with Gasteiger partial charge in [-0.05, 0) is 25.0 Å². The van der Waals surface area contributed by atoms with Crippen LogP contribution < -0.4 is 5.73 Å². The van der Waals surface area contributed by atoms with Crippen LogP contribution in [0.4, 0.5) is 0 Å². The van der Waals surface area contributed by atoms with Gasteiger partial charge in [-0.3, -0.25) is 9.59 Å². The minimum Gasteiger partial charge on any atom is -0.369 e. The highest BCUT2D eigenvalue weighted by Crippen LogP contribution is 2.20. The lowest BCUT2D eigenvalue weighted by Gasteiger charge is -2.18. The number of pyridine rings is 1. The summed E-state index contributed by atoms with van der Waals surface area (Å²) in [6, 6.07) is 4.54. The number of rotatable bonds is 3. The minimum atomic E-state index is -3.82. The number of Topliss-reactive ketones (excluding diaryl/α,β-unsaturated/α-hetero) is 1. The van der Waals surface area contributed by atoms with E-state index in [9.17, 15) is 18.0 Å². The number of nitrogens with two attached hydrogens (primary N) is 1. The predicted molar refractivity (Wildman–Crippen MR) is 69.9 cm³/mol. The summed E-state index contributed by atoms with van der Waals surface area (Å²) in [5.41, 5.74) is 5.15. The van der Waals surface area contributed by atoms with Crippen molar-refractivity contribution in [2.75, 3.05) is 13.1 Å². The van der Waals surface area contributed by atoms with Crippen LogP contribution in [0, 0.1) is 5.92 Å². The molecule has 1 unspecified atom stereocenters. The van der Waals surface area contributed by atoms with E-state index >= 15 is 0 Å². The molecule has 1 aromatic heterocycles. The Bertz CT molecular complexity index is 615. The third-order valence-electron chi connectivity index (χ3n) is 3.21. The van der Waals surface area contributed by atoms with Gasteiger partial charge in [-0.25, -0.2) is 13.4 Å². The molecule has 0 aliphatic carbocycles. The summed E-state index contributed by atoms with van der Waals surface area (Å²) >= 11 is 0. The molecular weight excluding hydrogens is 282 g/mol. The smallest absolute Gasteiger partial charge is 0.260 e. The largest absolute Gasteiger partial charge is 0.369 e. The fourth-order valence-electron chi connectivity index (χ4n) is 2.13. The highest BCUT2D eigenvalue weighted by molar-refractivity contribution is 7.89. The molecule has 2 heterocycles. The zero-order valence-corrected chi connectivity index (χ0v) is 11.5. The number of sulfonamides is 1. The molecule has 20 heavy (non-hydrogen) atoms. The van der Waals surface area contributed by atoms with E-state index in [1.54, 1.807) is 12.1 Å². The first-order valence-corrected chi connectivity index (χ1v) is 7.60. The third kappa shape index (κ3) is 2.86. The molecule has 0 aromatic carbocycles. The normalized spacial score (nSPS) is 21.4. The van der Waals surface area contributed by atoms with E-state index < -0.39 is 27.6 Å². The third-order valence-corrected chi connectivity index (χ3v) is 4.97. The van der Waals surface area contributed by atoms with Crippen molar-refractivity contribution in [1.82, 2.24) is 9.29 Å². The Balaban J connectivity index is 2.26. The number of aromatic nitrogens is 1. The summed E-state index contributed by atoms with van der Waals surface area (Å²) in [5, 5.41) is -0.106. The van der Waals surface area contributed by atoms with Crippen molar-refractivity contribution in [2.24, 2.45) is 11.7 Å². The summed E-state index contributed by atoms with van der Waals surface area (Å²) in [7, 11) is -3.82. The Hall–Kier alpha value is -1.80. The molecule has 0 bridgehead atoms. The molecule has 1 aliphatic heterocycles. The van der Waals surface area contributed by atoms with Crippen LogP contribution in [0.1, 0.15) is 12.8 Å². The van der Waals surface area contributed by atoms with Gasteiger partial charge in [-0.15, -0.1) is 0 Å². The van der Waals surface area contributed by atoms with E-state index in [2.05, 4.69) is 4.98 Å². The molecule has 2 N–H and O–H groups in total. The molecule has 1 saturated heterocycles. The Morgan fingerprint density at radius 1 is 1.40 bits per heavy atom. The van der Waals surface area contributed by atoms with Crippen LogP contribution in [0.3, 0.4) is 0 Å². The molecule has 7 nitrogen and oxygen atoms in total. The summed E-state index contributed by atoms with van der Waals surface area (Å²) in [5.74, 6) is -2.07. The molecule has 1 atom stereocenters. The molecule has 1 amide bonds. The molecule has 1 fully saturated rings. The monoisotopic (exact) mass is 297 g/mol. The highest BCUT2D eigenvalue weighted by Gasteiger charge is 2.34. The Morgan fingerprint density at radius 2 is 2.15 bits per heavy atom. The van der Waals surface area contributed by atoms with Gasteiger partial charge in [0.15, 0.2) is 10.8 Å². The van der Waals surface area contributed by atoms with E-state index in [1.807, 2.05) is 0 Å². The summed E-state index contributed by atoms with van der Waals surface area (Å²) in [6.07, 6.45) is 2.06. The van der Waals surface area contributed by atoms with Crippen molar-refractivity contribution >= 4 is 21.7 Å². The summed E-state index contributed by atoms with van der Waals surface area (Å²) in [6.45, 7) is -0.166. The fourth-order valence-corrected chi connectivity index (χ4v) is 3.51. The van der Waals surface area contributed by atoms with Gasteiger partial charge in [0.25, 0.3) is 10.0 Å². The Morgan fingerprint density at radius 3 is 2.75 bits per heavy atom. The quantitative estimate of drug-likeness (QED) is 0.759. The number of primary amides is 1. The summed E-state index contributed by atoms with van der Waals surface area (Å²) in [4.78, 5) is 26.9. The molecule has 1 aromatic rings. The summed E-state index contributed by atoms with van der Waals surface area (Å²) < 4.78 is 25.8. The molecule has 1 aliphatic rings. The van der Waals surface area contributed by atoms with E-state index in [4.69, 9.17) is 5.73 Å². The minimum absolute atomic E-state index is 0.106. The highest BCUT2D eigenvalue weighted by atomic mass is 32.2. The number of hydrogen-bond donors (Lipinski definition) is 1. The van der Waals surface area contributed by atoms with Gasteiger partial charge in [0.2, 0.25) is 5.91 Å². The predicted octanol–water partition coefficient (Wildman–Crippen LogP) is -0.463. The maximum absolute atomic E-state index is 12.4. The van der Waals surface area contributed by atoms with E-state index in [-0.39, 0.29) is 24.5 Å². The average Bonchev–Trinajstić information content (AvgIpc) is 2.62. The maximum Gasteiger partial charge on any atom is 0.260 e. The zero-order valence-electron chi connectivity index (χ0n) is 10.7. The maximum atomic E-state index is 12.4. The lowest BCUT2D eigenvalue weighted by molar-refractivity contribution is -0.131. The van der Waals surface area contributed by atoms with Crippen LogP contribution in [-0.2, 0) is 19.6 Å². The first-order chi connectivity index (χ1) is 9.43. The van der Waals surface area contributed by atoms with Crippen molar-refractivity contribution in [3.63, 3.8) is 0 Å². The fraction of sp³-hybridized carbons (Fsp3) is 0.417. The first-order valence-electron chi connectivity index (χ1n) is 6.16. The van der Waals surface area contributed by atoms with E-state index in [0.29, 0.717) is 6.42 Å². The second kappa shape index (κ2) is 5.68. The SMILES string of the molecule is NC(=O)C1CCCN(S(=O)(=O)c2ccccn2)CC1=O. The molecule has 108 valence electrons. The lowest BCUT2D eigenvalue weighted by Crippen LogP contribution is -2.38. The topological polar surface area (TPSA) is 110 Å². The first kappa shape index (κ1) is 14.6. The standard InChI is InChI=1S/C12H15N3O4S/c13-12(17)9-4-3-7-15(8-10(9)16)20(18,19)11-5-1-2-6-14-11/h1-2,5-6,9H,3-4,7-8H2,(H2,13,17). The van der Waals surface area contributed by atoms with Gasteiger partial charge in [0.1, 0.15) is 0 Å². The lowest BCUT2D eigenvalue weighted by atomic mass is 9.99. The van der Waals surface area contributed by atoms with Crippen molar-refractivity contribution in [1.29, 1.82) is 0 Å². The van der Waals surface area contributed by atoms with Crippen LogP contribution in [0.2, 0.25) is 0 Å². The second-order valence-corrected chi connectivity index (χ2v) is 6.45. The van der Waals surface area contributed by atoms with Crippen LogP contribution in [0.15, 0.2) is 29.4 Å². The van der Waals surface area contributed by atoms with Crippen molar-refractivity contribution in [3.8, 4) is 0 Å². The van der Waals surface area contributed by atoms with Crippen LogP contribution in [0.5, 0.6) is 0 Å². The molecule has 0 saturated carbocycles. The zero-order chi connectivity index (χ0) is 14.8.